The Morgan fingerprint density at radius 3 is 2.26 bits per heavy atom. The molecule has 222 valence electrons. The van der Waals surface area contributed by atoms with Crippen molar-refractivity contribution in [1.29, 1.82) is 0 Å². The lowest BCUT2D eigenvalue weighted by Gasteiger charge is -2.39. The van der Waals surface area contributed by atoms with Crippen LogP contribution in [-0.4, -0.2) is 65.9 Å². The van der Waals surface area contributed by atoms with E-state index in [0.717, 1.165) is 5.56 Å². The number of anilines is 2. The summed E-state index contributed by atoms with van der Waals surface area (Å²) in [5.74, 6) is -1.27. The molecule has 0 saturated carbocycles. The number of carbonyl (C=O) groups is 2. The van der Waals surface area contributed by atoms with Crippen LogP contribution in [0.25, 0.3) is 11.1 Å². The number of aromatic nitrogens is 2. The quantitative estimate of drug-likeness (QED) is 0.326. The van der Waals surface area contributed by atoms with E-state index in [-0.39, 0.29) is 28.7 Å². The Morgan fingerprint density at radius 2 is 1.71 bits per heavy atom. The highest BCUT2D eigenvalue weighted by Gasteiger charge is 2.45. The molecule has 1 aromatic heterocycles. The van der Waals surface area contributed by atoms with Crippen LogP contribution in [0.5, 0.6) is 5.88 Å². The number of alkyl halides is 3. The molecule has 3 heterocycles. The molecule has 1 spiro atoms. The number of nitrogens with one attached hydrogen (secondary N) is 2. The van der Waals surface area contributed by atoms with Crippen molar-refractivity contribution in [2.45, 2.75) is 37.6 Å². The third-order valence-electron chi connectivity index (χ3n) is 7.97. The van der Waals surface area contributed by atoms with Crippen LogP contribution >= 0.6 is 0 Å². The van der Waals surface area contributed by atoms with Crippen molar-refractivity contribution in [3.8, 4) is 17.0 Å². The minimum atomic E-state index is -4.75. The number of piperidine rings is 1. The summed E-state index contributed by atoms with van der Waals surface area (Å²) in [6.45, 7) is 1.68. The maximum Gasteiger partial charge on any atom is 0.429 e. The third-order valence-corrected chi connectivity index (χ3v) is 7.97. The molecule has 0 radical (unpaired) electrons. The van der Waals surface area contributed by atoms with E-state index >= 15 is 0 Å². The first-order valence-electron chi connectivity index (χ1n) is 13.5. The lowest BCUT2D eigenvalue weighted by atomic mass is 9.76. The first kappa shape index (κ1) is 29.1. The number of nitrogens with zero attached hydrogens (tertiary/aromatic N) is 3. The average Bonchev–Trinajstić information content (AvgIpc) is 3.39. The number of benzene rings is 2. The highest BCUT2D eigenvalue weighted by molar-refractivity contribution is 5.94. The Morgan fingerprint density at radius 1 is 1.10 bits per heavy atom. The van der Waals surface area contributed by atoms with Crippen molar-refractivity contribution in [2.24, 2.45) is 5.41 Å². The van der Waals surface area contributed by atoms with E-state index in [9.17, 15) is 27.9 Å². The van der Waals surface area contributed by atoms with Gasteiger partial charge in [-0.2, -0.15) is 23.1 Å². The van der Waals surface area contributed by atoms with Gasteiger partial charge in [0.05, 0.1) is 0 Å². The van der Waals surface area contributed by atoms with Crippen LogP contribution in [0.2, 0.25) is 0 Å². The Hall–Kier alpha value is -4.39. The van der Waals surface area contributed by atoms with Gasteiger partial charge in [0, 0.05) is 43.9 Å². The van der Waals surface area contributed by atoms with E-state index in [1.165, 1.54) is 25.2 Å². The molecule has 2 aromatic carbocycles. The maximum atomic E-state index is 14.2. The van der Waals surface area contributed by atoms with Crippen LogP contribution < -0.4 is 26.0 Å². The molecule has 2 aliphatic rings. The van der Waals surface area contributed by atoms with Gasteiger partial charge in [0.2, 0.25) is 17.9 Å². The first-order chi connectivity index (χ1) is 20.0. The van der Waals surface area contributed by atoms with Crippen LogP contribution in [0.15, 0.2) is 54.6 Å². The Bertz CT molecular complexity index is 1440. The van der Waals surface area contributed by atoms with E-state index in [4.69, 9.17) is 10.5 Å². The number of aliphatic carboxylic acids is 1. The summed E-state index contributed by atoms with van der Waals surface area (Å²) in [6, 6.07) is 13.3. The number of halogens is 3. The number of rotatable bonds is 7. The largest absolute Gasteiger partial charge is 0.480 e. The van der Waals surface area contributed by atoms with Crippen LogP contribution in [0.1, 0.15) is 41.3 Å². The second-order valence-electron chi connectivity index (χ2n) is 10.7. The van der Waals surface area contributed by atoms with Crippen molar-refractivity contribution < 1.29 is 32.6 Å². The molecule has 0 aliphatic carbocycles. The number of nitrogen functional groups attached to an aromatic ring is 1. The zero-order chi connectivity index (χ0) is 30.1. The highest BCUT2D eigenvalue weighted by atomic mass is 19.4. The second kappa shape index (κ2) is 11.5. The zero-order valence-corrected chi connectivity index (χ0v) is 22.8. The molecule has 42 heavy (non-hydrogen) atoms. The molecular weight excluding hydrogens is 553 g/mol. The fraction of sp³-hybridized carbons (Fsp3) is 0.379. The van der Waals surface area contributed by atoms with Crippen LogP contribution in [0, 0.1) is 5.41 Å². The molecular formula is C29H31F3N6O4. The molecule has 5 N–H and O–H groups in total. The summed E-state index contributed by atoms with van der Waals surface area (Å²) >= 11 is 0. The van der Waals surface area contributed by atoms with Crippen molar-refractivity contribution in [2.75, 3.05) is 37.3 Å². The average molecular weight is 585 g/mol. The number of carbonyl (C=O) groups excluding carboxylic acids is 1. The molecule has 3 aromatic rings. The van der Waals surface area contributed by atoms with Crippen LogP contribution in [0.4, 0.5) is 24.9 Å². The SMILES string of the molecule is CNC(=O)c1ccc(-c2ccc(C(Oc3cc(N4CCC5(CC4)CNC(C(=O)O)C5)nc(N)n3)C(F)(F)F)cc2)cc1. The smallest absolute Gasteiger partial charge is 0.429 e. The van der Waals surface area contributed by atoms with Crippen molar-refractivity contribution in [1.82, 2.24) is 20.6 Å². The first-order valence-corrected chi connectivity index (χ1v) is 13.5. The maximum absolute atomic E-state index is 14.2. The topological polar surface area (TPSA) is 143 Å². The Balaban J connectivity index is 1.31. The van der Waals surface area contributed by atoms with Gasteiger partial charge >= 0.3 is 12.1 Å². The van der Waals surface area contributed by atoms with Gasteiger partial charge in [0.15, 0.2) is 0 Å². The van der Waals surface area contributed by atoms with Gasteiger partial charge in [0.1, 0.15) is 11.9 Å². The fourth-order valence-corrected chi connectivity index (χ4v) is 5.59. The normalized spacial score (nSPS) is 19.0. The van der Waals surface area contributed by atoms with Crippen LogP contribution in [0.3, 0.4) is 0 Å². The number of carboxylic acid groups (broad SMARTS) is 1. The summed E-state index contributed by atoms with van der Waals surface area (Å²) in [6.07, 6.45) is -5.11. The van der Waals surface area contributed by atoms with Gasteiger partial charge in [-0.15, -0.1) is 0 Å². The molecule has 2 fully saturated rings. The second-order valence-corrected chi connectivity index (χ2v) is 10.7. The van der Waals surface area contributed by atoms with E-state index in [0.29, 0.717) is 55.8 Å². The number of hydrogen-bond donors (Lipinski definition) is 4. The Labute approximate surface area is 240 Å². The van der Waals surface area contributed by atoms with Crippen molar-refractivity contribution >= 4 is 23.6 Å². The zero-order valence-electron chi connectivity index (χ0n) is 22.8. The van der Waals surface area contributed by atoms with E-state index in [1.807, 2.05) is 4.90 Å². The summed E-state index contributed by atoms with van der Waals surface area (Å²) < 4.78 is 48.0. The van der Waals surface area contributed by atoms with Gasteiger partial charge in [-0.3, -0.25) is 9.59 Å². The molecule has 2 atom stereocenters. The van der Waals surface area contributed by atoms with E-state index < -0.39 is 24.3 Å². The summed E-state index contributed by atoms with van der Waals surface area (Å²) in [4.78, 5) is 33.2. The number of amides is 1. The lowest BCUT2D eigenvalue weighted by molar-refractivity contribution is -0.198. The van der Waals surface area contributed by atoms with Gasteiger partial charge in [-0.05, 0) is 47.9 Å². The number of carboxylic acids is 1. The molecule has 13 heteroatoms. The van der Waals surface area contributed by atoms with Crippen molar-refractivity contribution in [3.05, 3.63) is 65.7 Å². The van der Waals surface area contributed by atoms with E-state index in [1.54, 1.807) is 36.4 Å². The molecule has 5 rings (SSSR count). The molecule has 2 saturated heterocycles. The van der Waals surface area contributed by atoms with Gasteiger partial charge in [-0.1, -0.05) is 36.4 Å². The predicted molar refractivity (Wildman–Crippen MR) is 149 cm³/mol. The molecule has 10 nitrogen and oxygen atoms in total. The molecule has 2 aliphatic heterocycles. The van der Waals surface area contributed by atoms with Crippen LogP contribution in [-0.2, 0) is 4.79 Å². The minimum Gasteiger partial charge on any atom is -0.480 e. The molecule has 2 unspecified atom stereocenters. The summed E-state index contributed by atoms with van der Waals surface area (Å²) in [5, 5.41) is 14.9. The van der Waals surface area contributed by atoms with E-state index in [2.05, 4.69) is 20.6 Å². The third kappa shape index (κ3) is 6.25. The van der Waals surface area contributed by atoms with Gasteiger partial charge in [-0.25, -0.2) is 0 Å². The summed E-state index contributed by atoms with van der Waals surface area (Å²) in [5.41, 5.74) is 7.49. The summed E-state index contributed by atoms with van der Waals surface area (Å²) in [7, 11) is 1.53. The Kier molecular flexibility index (Phi) is 7.95. The molecule has 0 bridgehead atoms. The predicted octanol–water partition coefficient (Wildman–Crippen LogP) is 3.80. The number of ether oxygens (including phenoxy) is 1. The monoisotopic (exact) mass is 584 g/mol. The van der Waals surface area contributed by atoms with Gasteiger partial charge < -0.3 is 31.1 Å². The fourth-order valence-electron chi connectivity index (χ4n) is 5.59. The lowest BCUT2D eigenvalue weighted by Crippen LogP contribution is -2.41. The minimum absolute atomic E-state index is 0.117. The standard InChI is InChI=1S/C29H31F3N6O4/c1-34-25(39)20-8-4-18(5-9-20)17-2-6-19(7-3-17)24(29(30,31)32)42-23-14-22(36-27(33)37-23)38-12-10-28(11-13-38)15-21(26(40)41)35-16-28/h2-9,14,21,24,35H,10-13,15-16H2,1H3,(H,34,39)(H,40,41)(H2,33,36,37). The number of hydrogen-bond acceptors (Lipinski definition) is 8. The highest BCUT2D eigenvalue weighted by Crippen LogP contribution is 2.41. The molecule has 1 amide bonds. The number of nitrogens with two attached hydrogens (primary N) is 1. The van der Waals surface area contributed by atoms with Gasteiger partial charge in [0.25, 0.3) is 5.91 Å². The van der Waals surface area contributed by atoms with Crippen molar-refractivity contribution in [3.63, 3.8) is 0 Å².